The summed E-state index contributed by atoms with van der Waals surface area (Å²) >= 11 is 0. The maximum atomic E-state index is 12.3. The molecule has 0 heterocycles. The number of guanidine groups is 1. The number of benzene rings is 1. The van der Waals surface area contributed by atoms with E-state index in [9.17, 15) is 4.79 Å². The molecular weight excluding hydrogens is 495 g/mol. The average Bonchev–Trinajstić information content (AvgIpc) is 2.76. The summed E-state index contributed by atoms with van der Waals surface area (Å²) in [6, 6.07) is 5.81. The van der Waals surface area contributed by atoms with E-state index in [1.165, 1.54) is 19.3 Å². The van der Waals surface area contributed by atoms with E-state index in [0.29, 0.717) is 19.6 Å². The molecule has 30 heavy (non-hydrogen) atoms. The molecule has 0 aromatic heterocycles. The van der Waals surface area contributed by atoms with Crippen molar-refractivity contribution in [2.75, 3.05) is 40.9 Å². The lowest BCUT2D eigenvalue weighted by Gasteiger charge is -2.23. The number of nitrogens with zero attached hydrogens (tertiary/aromatic N) is 2. The van der Waals surface area contributed by atoms with Crippen LogP contribution in [0.4, 0.5) is 0 Å². The summed E-state index contributed by atoms with van der Waals surface area (Å²) in [7, 11) is 5.29. The van der Waals surface area contributed by atoms with Crippen LogP contribution in [0.5, 0.6) is 11.5 Å². The molecule has 0 atom stereocenters. The number of amides is 1. The third kappa shape index (κ3) is 8.20. The second-order valence-corrected chi connectivity index (χ2v) is 7.40. The van der Waals surface area contributed by atoms with Gasteiger partial charge in [-0.1, -0.05) is 19.3 Å². The van der Waals surface area contributed by atoms with E-state index >= 15 is 0 Å². The van der Waals surface area contributed by atoms with E-state index in [4.69, 9.17) is 9.47 Å². The first-order valence-corrected chi connectivity index (χ1v) is 10.6. The van der Waals surface area contributed by atoms with Crippen molar-refractivity contribution in [2.24, 2.45) is 10.9 Å². The van der Waals surface area contributed by atoms with Gasteiger partial charge in [-0.2, -0.15) is 0 Å². The fourth-order valence-electron chi connectivity index (χ4n) is 3.63. The van der Waals surface area contributed by atoms with Gasteiger partial charge in [0.1, 0.15) is 11.5 Å². The van der Waals surface area contributed by atoms with Crippen molar-refractivity contribution in [3.63, 3.8) is 0 Å². The van der Waals surface area contributed by atoms with Crippen molar-refractivity contribution in [2.45, 2.75) is 45.6 Å². The standard InChI is InChI=1S/C22H36N4O3.HI/c1-5-23-22(25-14-13-24-21(27)17-9-7-6-8-10-17)26(2)16-18-11-12-19(28-3)15-20(18)29-4;/h11-12,15,17H,5-10,13-14,16H2,1-4H3,(H,23,25)(H,24,27);1H. The number of ether oxygens (including phenoxy) is 2. The normalized spacial score (nSPS) is 14.5. The van der Waals surface area contributed by atoms with Gasteiger partial charge in [-0.15, -0.1) is 24.0 Å². The molecule has 0 aliphatic heterocycles. The Hall–Kier alpha value is -1.71. The summed E-state index contributed by atoms with van der Waals surface area (Å²) in [5.74, 6) is 2.72. The molecule has 8 heteroatoms. The van der Waals surface area contributed by atoms with E-state index in [1.807, 2.05) is 32.2 Å². The molecule has 1 aromatic rings. The van der Waals surface area contributed by atoms with Gasteiger partial charge >= 0.3 is 0 Å². The average molecular weight is 532 g/mol. The Bertz CT molecular complexity index is 678. The van der Waals surface area contributed by atoms with Crippen molar-refractivity contribution in [3.8, 4) is 11.5 Å². The van der Waals surface area contributed by atoms with Crippen LogP contribution < -0.4 is 20.1 Å². The molecule has 170 valence electrons. The van der Waals surface area contributed by atoms with Crippen molar-refractivity contribution in [1.29, 1.82) is 0 Å². The molecule has 1 aromatic carbocycles. The van der Waals surface area contributed by atoms with E-state index in [1.54, 1.807) is 14.2 Å². The number of rotatable bonds is 9. The molecule has 1 amide bonds. The molecule has 0 spiro atoms. The number of nitrogens with one attached hydrogen (secondary N) is 2. The lowest BCUT2D eigenvalue weighted by Crippen LogP contribution is -2.39. The summed E-state index contributed by atoms with van der Waals surface area (Å²) in [5, 5.41) is 6.36. The second kappa shape index (κ2) is 14.3. The van der Waals surface area contributed by atoms with Gasteiger partial charge < -0.3 is 25.0 Å². The van der Waals surface area contributed by atoms with Crippen molar-refractivity contribution in [3.05, 3.63) is 23.8 Å². The summed E-state index contributed by atoms with van der Waals surface area (Å²) in [5.41, 5.74) is 1.05. The lowest BCUT2D eigenvalue weighted by atomic mass is 9.89. The molecule has 1 saturated carbocycles. The van der Waals surface area contributed by atoms with Crippen LogP contribution in [0.3, 0.4) is 0 Å². The highest BCUT2D eigenvalue weighted by Gasteiger charge is 2.20. The van der Waals surface area contributed by atoms with Gasteiger partial charge in [-0.25, -0.2) is 0 Å². The van der Waals surface area contributed by atoms with Gasteiger partial charge in [0.05, 0.1) is 20.8 Å². The number of methoxy groups -OCH3 is 2. The highest BCUT2D eigenvalue weighted by molar-refractivity contribution is 14.0. The minimum atomic E-state index is 0. The zero-order chi connectivity index (χ0) is 21.1. The smallest absolute Gasteiger partial charge is 0.223 e. The van der Waals surface area contributed by atoms with Crippen LogP contribution in [-0.2, 0) is 11.3 Å². The van der Waals surface area contributed by atoms with E-state index in [-0.39, 0.29) is 35.8 Å². The Kier molecular flexibility index (Phi) is 12.6. The summed E-state index contributed by atoms with van der Waals surface area (Å²) in [6.45, 7) is 4.57. The maximum absolute atomic E-state index is 12.3. The SMILES string of the molecule is CCNC(=NCCNC(=O)C1CCCCC1)N(C)Cc1ccc(OC)cc1OC.I. The van der Waals surface area contributed by atoms with E-state index in [2.05, 4.69) is 20.5 Å². The van der Waals surface area contributed by atoms with Gasteiger partial charge in [0.2, 0.25) is 5.91 Å². The van der Waals surface area contributed by atoms with Crippen LogP contribution in [-0.4, -0.2) is 57.7 Å². The minimum absolute atomic E-state index is 0. The van der Waals surface area contributed by atoms with Crippen LogP contribution in [0, 0.1) is 5.92 Å². The topological polar surface area (TPSA) is 75.2 Å². The van der Waals surface area contributed by atoms with Crippen LogP contribution in [0.25, 0.3) is 0 Å². The number of carbonyl (C=O) groups excluding carboxylic acids is 1. The Balaban J connectivity index is 0.00000450. The number of aliphatic imine (C=N–C) groups is 1. The van der Waals surface area contributed by atoms with Gasteiger partial charge in [0, 0.05) is 44.2 Å². The van der Waals surface area contributed by atoms with Crippen LogP contribution in [0.15, 0.2) is 23.2 Å². The summed E-state index contributed by atoms with van der Waals surface area (Å²) < 4.78 is 10.8. The first kappa shape index (κ1) is 26.3. The fraction of sp³-hybridized carbons (Fsp3) is 0.636. The Morgan fingerprint density at radius 3 is 2.53 bits per heavy atom. The summed E-state index contributed by atoms with van der Waals surface area (Å²) in [6.07, 6.45) is 5.63. The molecule has 2 rings (SSSR count). The Morgan fingerprint density at radius 2 is 1.90 bits per heavy atom. The van der Waals surface area contributed by atoms with Gasteiger partial charge in [0.25, 0.3) is 0 Å². The molecule has 2 N–H and O–H groups in total. The number of hydrogen-bond acceptors (Lipinski definition) is 4. The van der Waals surface area contributed by atoms with Crippen LogP contribution in [0.1, 0.15) is 44.6 Å². The highest BCUT2D eigenvalue weighted by atomic mass is 127. The zero-order valence-corrected chi connectivity index (χ0v) is 21.0. The number of halogens is 1. The van der Waals surface area contributed by atoms with Gasteiger partial charge in [-0.3, -0.25) is 9.79 Å². The lowest BCUT2D eigenvalue weighted by molar-refractivity contribution is -0.125. The van der Waals surface area contributed by atoms with Gasteiger partial charge in [0.15, 0.2) is 5.96 Å². The molecule has 1 fully saturated rings. The van der Waals surface area contributed by atoms with Crippen molar-refractivity contribution >= 4 is 35.8 Å². The highest BCUT2D eigenvalue weighted by Crippen LogP contribution is 2.25. The monoisotopic (exact) mass is 532 g/mol. The Labute approximate surface area is 198 Å². The second-order valence-electron chi connectivity index (χ2n) is 7.40. The molecule has 1 aliphatic carbocycles. The third-order valence-corrected chi connectivity index (χ3v) is 5.25. The number of hydrogen-bond donors (Lipinski definition) is 2. The zero-order valence-electron chi connectivity index (χ0n) is 18.7. The maximum Gasteiger partial charge on any atom is 0.223 e. The predicted octanol–water partition coefficient (Wildman–Crippen LogP) is 3.42. The molecule has 0 bridgehead atoms. The van der Waals surface area contributed by atoms with Crippen molar-refractivity contribution < 1.29 is 14.3 Å². The van der Waals surface area contributed by atoms with Crippen LogP contribution in [0.2, 0.25) is 0 Å². The molecule has 1 aliphatic rings. The molecule has 0 unspecified atom stereocenters. The summed E-state index contributed by atoms with van der Waals surface area (Å²) in [4.78, 5) is 19.0. The Morgan fingerprint density at radius 1 is 1.17 bits per heavy atom. The molecular formula is C22H37IN4O3. The molecule has 0 saturated heterocycles. The first-order valence-electron chi connectivity index (χ1n) is 10.6. The minimum Gasteiger partial charge on any atom is -0.497 e. The fourth-order valence-corrected chi connectivity index (χ4v) is 3.63. The molecule has 7 nitrogen and oxygen atoms in total. The third-order valence-electron chi connectivity index (χ3n) is 5.25. The molecule has 0 radical (unpaired) electrons. The van der Waals surface area contributed by atoms with Crippen LogP contribution >= 0.6 is 24.0 Å². The predicted molar refractivity (Wildman–Crippen MR) is 132 cm³/mol. The van der Waals surface area contributed by atoms with E-state index < -0.39 is 0 Å². The van der Waals surface area contributed by atoms with E-state index in [0.717, 1.165) is 42.4 Å². The first-order chi connectivity index (χ1) is 14.1. The quantitative estimate of drug-likeness (QED) is 0.221. The van der Waals surface area contributed by atoms with Gasteiger partial charge in [-0.05, 0) is 31.9 Å². The van der Waals surface area contributed by atoms with Crippen molar-refractivity contribution in [1.82, 2.24) is 15.5 Å². The largest absolute Gasteiger partial charge is 0.497 e. The number of carbonyl (C=O) groups is 1.